The summed E-state index contributed by atoms with van der Waals surface area (Å²) in [5, 5.41) is 0. The fourth-order valence-electron chi connectivity index (χ4n) is 6.14. The van der Waals surface area contributed by atoms with Crippen LogP contribution in [0.5, 0.6) is 0 Å². The third-order valence-corrected chi connectivity index (χ3v) is 7.25. The highest BCUT2D eigenvalue weighted by atomic mass is 16.5. The Bertz CT molecular complexity index is 334. The van der Waals surface area contributed by atoms with E-state index in [0.717, 1.165) is 17.8 Å². The zero-order chi connectivity index (χ0) is 12.5. The van der Waals surface area contributed by atoms with E-state index in [1.54, 1.807) is 0 Å². The Hall–Kier alpha value is -0.0400. The van der Waals surface area contributed by atoms with Gasteiger partial charge in [0.05, 0.1) is 5.60 Å². The van der Waals surface area contributed by atoms with Gasteiger partial charge in [-0.05, 0) is 62.2 Å². The van der Waals surface area contributed by atoms with Crippen LogP contribution in [0.4, 0.5) is 0 Å². The average Bonchev–Trinajstić information content (AvgIpc) is 2.67. The molecule has 0 N–H and O–H groups in total. The van der Waals surface area contributed by atoms with Crippen LogP contribution in [-0.2, 0) is 4.74 Å². The number of rotatable bonds is 1. The highest BCUT2D eigenvalue weighted by Gasteiger charge is 2.69. The van der Waals surface area contributed by atoms with E-state index in [4.69, 9.17) is 4.74 Å². The molecule has 1 heteroatoms. The van der Waals surface area contributed by atoms with Gasteiger partial charge in [0.2, 0.25) is 0 Å². The summed E-state index contributed by atoms with van der Waals surface area (Å²) >= 11 is 0. The largest absolute Gasteiger partial charge is 0.378 e. The molecule has 3 saturated carbocycles. The minimum Gasteiger partial charge on any atom is -0.378 e. The van der Waals surface area contributed by atoms with Crippen LogP contribution < -0.4 is 0 Å². The van der Waals surface area contributed by atoms with Gasteiger partial charge in [-0.1, -0.05) is 20.8 Å². The summed E-state index contributed by atoms with van der Waals surface area (Å²) in [6.07, 6.45) is 6.92. The van der Waals surface area contributed by atoms with Crippen LogP contribution in [-0.4, -0.2) is 12.7 Å². The quantitative estimate of drug-likeness (QED) is 0.661. The SMILES string of the molecule is COC1(C)CCC2C(C)(C)C3CC21CCC3C. The molecule has 0 aliphatic heterocycles. The lowest BCUT2D eigenvalue weighted by molar-refractivity contribution is -0.104. The van der Waals surface area contributed by atoms with Crippen LogP contribution in [0.1, 0.15) is 59.8 Å². The Balaban J connectivity index is 2.07. The maximum atomic E-state index is 6.02. The van der Waals surface area contributed by atoms with Crippen molar-refractivity contribution in [3.8, 4) is 0 Å². The van der Waals surface area contributed by atoms with E-state index in [-0.39, 0.29) is 5.60 Å². The van der Waals surface area contributed by atoms with Crippen LogP contribution in [0, 0.1) is 28.6 Å². The molecule has 0 heterocycles. The van der Waals surface area contributed by atoms with Gasteiger partial charge in [-0.2, -0.15) is 0 Å². The molecule has 3 rings (SSSR count). The summed E-state index contributed by atoms with van der Waals surface area (Å²) in [5.74, 6) is 2.74. The third-order valence-electron chi connectivity index (χ3n) is 7.25. The second-order valence-corrected chi connectivity index (χ2v) is 7.83. The lowest BCUT2D eigenvalue weighted by Gasteiger charge is -2.46. The molecule has 1 nitrogen and oxygen atoms in total. The number of fused-ring (bicyclic) bond motifs is 1. The van der Waals surface area contributed by atoms with Crippen molar-refractivity contribution >= 4 is 0 Å². The van der Waals surface area contributed by atoms with Crippen LogP contribution in [0.3, 0.4) is 0 Å². The molecule has 5 atom stereocenters. The summed E-state index contributed by atoms with van der Waals surface area (Å²) in [7, 11) is 1.94. The molecule has 0 saturated heterocycles. The van der Waals surface area contributed by atoms with Gasteiger partial charge in [-0.25, -0.2) is 0 Å². The molecule has 2 bridgehead atoms. The van der Waals surface area contributed by atoms with Gasteiger partial charge in [0.1, 0.15) is 0 Å². The Kier molecular flexibility index (Phi) is 2.32. The van der Waals surface area contributed by atoms with Crippen molar-refractivity contribution in [1.82, 2.24) is 0 Å². The van der Waals surface area contributed by atoms with Gasteiger partial charge in [0.15, 0.2) is 0 Å². The van der Waals surface area contributed by atoms with E-state index in [1.807, 2.05) is 7.11 Å². The molecule has 98 valence electrons. The molecule has 1 spiro atoms. The van der Waals surface area contributed by atoms with Crippen LogP contribution in [0.2, 0.25) is 0 Å². The zero-order valence-corrected chi connectivity index (χ0v) is 12.2. The maximum absolute atomic E-state index is 6.02. The van der Waals surface area contributed by atoms with Crippen LogP contribution in [0.15, 0.2) is 0 Å². The van der Waals surface area contributed by atoms with Crippen molar-refractivity contribution in [2.75, 3.05) is 7.11 Å². The topological polar surface area (TPSA) is 9.23 Å². The molecule has 0 aromatic carbocycles. The summed E-state index contributed by atoms with van der Waals surface area (Å²) in [4.78, 5) is 0. The molecule has 0 aromatic rings. The third kappa shape index (κ3) is 1.20. The predicted molar refractivity (Wildman–Crippen MR) is 70.9 cm³/mol. The first-order valence-electron chi connectivity index (χ1n) is 7.42. The van der Waals surface area contributed by atoms with Crippen molar-refractivity contribution < 1.29 is 4.74 Å². The summed E-state index contributed by atoms with van der Waals surface area (Å²) in [6.45, 7) is 9.94. The molecule has 17 heavy (non-hydrogen) atoms. The van der Waals surface area contributed by atoms with E-state index in [2.05, 4.69) is 27.7 Å². The van der Waals surface area contributed by atoms with E-state index in [1.165, 1.54) is 32.1 Å². The lowest BCUT2D eigenvalue weighted by atomic mass is 9.63. The highest BCUT2D eigenvalue weighted by molar-refractivity contribution is 5.19. The van der Waals surface area contributed by atoms with Crippen molar-refractivity contribution in [3.05, 3.63) is 0 Å². The predicted octanol–water partition coefficient (Wildman–Crippen LogP) is 4.26. The molecular formula is C16H28O. The fourth-order valence-corrected chi connectivity index (χ4v) is 6.14. The number of ether oxygens (including phenoxy) is 1. The first-order valence-corrected chi connectivity index (χ1v) is 7.42. The lowest BCUT2D eigenvalue weighted by Crippen LogP contribution is -2.46. The zero-order valence-electron chi connectivity index (χ0n) is 12.2. The van der Waals surface area contributed by atoms with E-state index >= 15 is 0 Å². The average molecular weight is 236 g/mol. The molecule has 0 amide bonds. The Morgan fingerprint density at radius 3 is 2.41 bits per heavy atom. The maximum Gasteiger partial charge on any atom is 0.0709 e. The second kappa shape index (κ2) is 3.29. The monoisotopic (exact) mass is 236 g/mol. The number of hydrogen-bond acceptors (Lipinski definition) is 1. The molecule has 5 unspecified atom stereocenters. The van der Waals surface area contributed by atoms with Gasteiger partial charge < -0.3 is 4.74 Å². The normalized spacial score (nSPS) is 55.9. The van der Waals surface area contributed by atoms with E-state index in [0.29, 0.717) is 10.8 Å². The second-order valence-electron chi connectivity index (χ2n) is 7.83. The van der Waals surface area contributed by atoms with Gasteiger partial charge >= 0.3 is 0 Å². The van der Waals surface area contributed by atoms with E-state index in [9.17, 15) is 0 Å². The van der Waals surface area contributed by atoms with E-state index < -0.39 is 0 Å². The molecule has 3 aliphatic carbocycles. The van der Waals surface area contributed by atoms with Crippen molar-refractivity contribution in [2.24, 2.45) is 28.6 Å². The molecule has 0 aromatic heterocycles. The Labute approximate surface area is 106 Å². The molecule has 3 fully saturated rings. The molecular weight excluding hydrogens is 208 g/mol. The minimum absolute atomic E-state index is 0.157. The first kappa shape index (κ1) is 12.0. The van der Waals surface area contributed by atoms with Crippen LogP contribution >= 0.6 is 0 Å². The smallest absolute Gasteiger partial charge is 0.0709 e. The van der Waals surface area contributed by atoms with Gasteiger partial charge in [0, 0.05) is 12.5 Å². The minimum atomic E-state index is 0.157. The van der Waals surface area contributed by atoms with Crippen molar-refractivity contribution in [3.63, 3.8) is 0 Å². The summed E-state index contributed by atoms with van der Waals surface area (Å²) in [6, 6.07) is 0. The van der Waals surface area contributed by atoms with Gasteiger partial charge in [-0.15, -0.1) is 0 Å². The number of hydrogen-bond donors (Lipinski definition) is 0. The summed E-state index contributed by atoms with van der Waals surface area (Å²) < 4.78 is 6.02. The van der Waals surface area contributed by atoms with Crippen LogP contribution in [0.25, 0.3) is 0 Å². The van der Waals surface area contributed by atoms with Crippen molar-refractivity contribution in [1.29, 1.82) is 0 Å². The number of methoxy groups -OCH3 is 1. The summed E-state index contributed by atoms with van der Waals surface area (Å²) in [5.41, 5.74) is 1.19. The van der Waals surface area contributed by atoms with Gasteiger partial charge in [-0.3, -0.25) is 0 Å². The highest BCUT2D eigenvalue weighted by Crippen LogP contribution is 2.74. The van der Waals surface area contributed by atoms with Crippen molar-refractivity contribution in [2.45, 2.75) is 65.4 Å². The molecule has 3 aliphatic rings. The Morgan fingerprint density at radius 1 is 1.06 bits per heavy atom. The Morgan fingerprint density at radius 2 is 1.76 bits per heavy atom. The fraction of sp³-hybridized carbons (Fsp3) is 1.00. The first-order chi connectivity index (χ1) is 7.87. The standard InChI is InChI=1S/C16H28O/c1-11-6-9-16-10-12(11)14(2,3)13(16)7-8-15(16,4)17-5/h11-13H,6-10H2,1-5H3. The van der Waals surface area contributed by atoms with Gasteiger partial charge in [0.25, 0.3) is 0 Å². The molecule has 0 radical (unpaired) electrons.